The number of carbonyl (C=O) groups is 3. The highest BCUT2D eigenvalue weighted by Crippen LogP contribution is 2.33. The van der Waals surface area contributed by atoms with Crippen molar-refractivity contribution in [2.75, 3.05) is 54.8 Å². The van der Waals surface area contributed by atoms with E-state index >= 15 is 0 Å². The van der Waals surface area contributed by atoms with Gasteiger partial charge in [-0.05, 0) is 82.9 Å². The number of benzene rings is 1. The van der Waals surface area contributed by atoms with E-state index in [1.54, 1.807) is 43.9 Å². The Balaban J connectivity index is 0.000000489. The fraction of sp³-hybridized carbons (Fsp3) is 0.588. The lowest BCUT2D eigenvalue weighted by atomic mass is 9.93. The smallest absolute Gasteiger partial charge is 0.444 e. The van der Waals surface area contributed by atoms with Crippen LogP contribution in [0.2, 0.25) is 0 Å². The van der Waals surface area contributed by atoms with Crippen LogP contribution in [0.3, 0.4) is 0 Å². The number of amides is 3. The Bertz CT molecular complexity index is 1670. The van der Waals surface area contributed by atoms with Crippen LogP contribution in [-0.2, 0) is 37.0 Å². The number of nitrogens with zero attached hydrogens (tertiary/aromatic N) is 5. The first-order chi connectivity index (χ1) is 24.9. The third-order valence-electron chi connectivity index (χ3n) is 8.28. The van der Waals surface area contributed by atoms with E-state index in [0.717, 1.165) is 24.8 Å². The summed E-state index contributed by atoms with van der Waals surface area (Å²) in [6.07, 6.45) is -0.570. The zero-order valence-electron chi connectivity index (χ0n) is 30.0. The number of aromatic nitrogens is 2. The van der Waals surface area contributed by atoms with Crippen LogP contribution in [0.4, 0.5) is 29.6 Å². The largest absolute Gasteiger partial charge is 0.451 e. The molecule has 1 atom stereocenters. The topological polar surface area (TPSA) is 207 Å². The number of hydrogen-bond acceptors (Lipinski definition) is 11. The van der Waals surface area contributed by atoms with Gasteiger partial charge in [0.25, 0.3) is 10.1 Å². The Morgan fingerprint density at radius 2 is 1.62 bits per heavy atom. The molecule has 15 nitrogen and oxygen atoms in total. The predicted octanol–water partition coefficient (Wildman–Crippen LogP) is 3.45. The van der Waals surface area contributed by atoms with Gasteiger partial charge in [0, 0.05) is 45.3 Å². The van der Waals surface area contributed by atoms with Gasteiger partial charge in [0.05, 0.1) is 11.6 Å². The van der Waals surface area contributed by atoms with Gasteiger partial charge in [0.2, 0.25) is 18.1 Å². The van der Waals surface area contributed by atoms with E-state index in [9.17, 15) is 40.5 Å². The van der Waals surface area contributed by atoms with Crippen molar-refractivity contribution in [3.05, 3.63) is 47.3 Å². The summed E-state index contributed by atoms with van der Waals surface area (Å²) in [7, 11) is -4.58. The molecule has 3 heterocycles. The molecule has 2 saturated heterocycles. The molecule has 1 aromatic heterocycles. The molecule has 2 aliphatic heterocycles. The van der Waals surface area contributed by atoms with Crippen molar-refractivity contribution < 1.29 is 45.3 Å². The molecule has 0 spiro atoms. The van der Waals surface area contributed by atoms with Crippen molar-refractivity contribution in [3.8, 4) is 6.07 Å². The van der Waals surface area contributed by atoms with Crippen LogP contribution < -0.4 is 25.8 Å². The second-order valence-corrected chi connectivity index (χ2v) is 15.2. The fourth-order valence-electron chi connectivity index (χ4n) is 5.66. The molecule has 0 saturated carbocycles. The summed E-state index contributed by atoms with van der Waals surface area (Å²) in [5.41, 5.74) is 0.897. The quantitative estimate of drug-likeness (QED) is 0.131. The molecule has 0 bridgehead atoms. The van der Waals surface area contributed by atoms with Crippen LogP contribution in [0, 0.1) is 17.2 Å². The van der Waals surface area contributed by atoms with Crippen molar-refractivity contribution in [2.45, 2.75) is 77.1 Å². The Morgan fingerprint density at radius 1 is 1.04 bits per heavy atom. The number of alkyl halides is 3. The molecular formula is C34H47F3N8O7S. The normalized spacial score (nSPS) is 15.7. The molecule has 292 valence electrons. The molecule has 0 radical (unpaired) electrons. The van der Waals surface area contributed by atoms with Crippen molar-refractivity contribution in [1.29, 1.82) is 5.26 Å². The van der Waals surface area contributed by atoms with Crippen LogP contribution in [0.5, 0.6) is 0 Å². The number of rotatable bonds is 13. The lowest BCUT2D eigenvalue weighted by Crippen LogP contribution is -2.51. The summed E-state index contributed by atoms with van der Waals surface area (Å²) in [4.78, 5) is 45.7. The minimum Gasteiger partial charge on any atom is -0.444 e. The van der Waals surface area contributed by atoms with Crippen molar-refractivity contribution in [2.24, 2.45) is 5.92 Å². The van der Waals surface area contributed by atoms with Gasteiger partial charge in [0.1, 0.15) is 29.0 Å². The van der Waals surface area contributed by atoms with Crippen LogP contribution >= 0.6 is 0 Å². The minimum absolute atomic E-state index is 0.150. The molecule has 53 heavy (non-hydrogen) atoms. The first-order valence-corrected chi connectivity index (χ1v) is 18.8. The van der Waals surface area contributed by atoms with Gasteiger partial charge in [-0.15, -0.1) is 0 Å². The van der Waals surface area contributed by atoms with Crippen molar-refractivity contribution in [3.63, 3.8) is 0 Å². The van der Waals surface area contributed by atoms with Crippen LogP contribution in [0.15, 0.2) is 30.3 Å². The van der Waals surface area contributed by atoms with Crippen molar-refractivity contribution in [1.82, 2.24) is 25.9 Å². The van der Waals surface area contributed by atoms with E-state index < -0.39 is 51.5 Å². The number of ether oxygens (including phenoxy) is 1. The highest BCUT2D eigenvalue weighted by atomic mass is 32.2. The summed E-state index contributed by atoms with van der Waals surface area (Å²) in [5.74, 6) is -2.31. The summed E-state index contributed by atoms with van der Waals surface area (Å²) in [5, 5.41) is 15.9. The molecule has 3 amide bonds. The van der Waals surface area contributed by atoms with Gasteiger partial charge in [-0.25, -0.2) is 14.8 Å². The van der Waals surface area contributed by atoms with Crippen LogP contribution in [0.25, 0.3) is 0 Å². The lowest BCUT2D eigenvalue weighted by Gasteiger charge is -2.33. The number of alkyl carbamates (subject to hydrolysis) is 1. The van der Waals surface area contributed by atoms with Crippen molar-refractivity contribution >= 4 is 40.2 Å². The Morgan fingerprint density at radius 3 is 2.13 bits per heavy atom. The van der Waals surface area contributed by atoms with E-state index in [4.69, 9.17) is 10.00 Å². The summed E-state index contributed by atoms with van der Waals surface area (Å²) in [6, 6.07) is 9.43. The standard InChI is InChI=1S/C24H37F3N6O6S.C10H10N2O/c1-23(2,3)39-22(35)29-17(15-40(36,37)38)20(34)28-9-6-16-7-12-33(13-8-16)19-14-18(32-10-4-5-11-32)30-21(31-19)24(25,26)27;11-7-10-3-1-9(2-4-10)5-6-12-8-13/h14,16-17H,4-13,15H2,1-3H3,(H,28,34)(H,29,35)(H,36,37,38);1-4,8H,5-6H2,(H,12,13). The van der Waals surface area contributed by atoms with Gasteiger partial charge in [-0.1, -0.05) is 12.1 Å². The van der Waals surface area contributed by atoms with E-state index in [0.29, 0.717) is 64.0 Å². The second-order valence-electron chi connectivity index (χ2n) is 13.7. The zero-order chi connectivity index (χ0) is 39.2. The number of carbonyl (C=O) groups excluding carboxylic acids is 3. The summed E-state index contributed by atoms with van der Waals surface area (Å²) < 4.78 is 77.4. The number of nitriles is 1. The first kappa shape index (κ1) is 42.7. The number of anilines is 2. The van der Waals surface area contributed by atoms with E-state index in [1.165, 1.54) is 0 Å². The highest BCUT2D eigenvalue weighted by Gasteiger charge is 2.37. The number of nitrogens with one attached hydrogen (secondary N) is 3. The molecule has 1 aromatic carbocycles. The number of piperidine rings is 1. The lowest BCUT2D eigenvalue weighted by molar-refractivity contribution is -0.144. The van der Waals surface area contributed by atoms with E-state index in [2.05, 4.69) is 25.9 Å². The number of halogens is 3. The second kappa shape index (κ2) is 19.4. The van der Waals surface area contributed by atoms with Gasteiger partial charge >= 0.3 is 12.3 Å². The monoisotopic (exact) mass is 768 g/mol. The zero-order valence-corrected chi connectivity index (χ0v) is 30.8. The average Bonchev–Trinajstić information content (AvgIpc) is 3.63. The molecule has 1 unspecified atom stereocenters. The molecule has 2 aliphatic rings. The van der Waals surface area contributed by atoms with E-state index in [-0.39, 0.29) is 24.1 Å². The molecule has 19 heteroatoms. The third kappa shape index (κ3) is 15.4. The Labute approximate surface area is 307 Å². The number of hydrogen-bond donors (Lipinski definition) is 4. The summed E-state index contributed by atoms with van der Waals surface area (Å²) >= 11 is 0. The molecule has 2 fully saturated rings. The Hall–Kier alpha value is -4.70. The van der Waals surface area contributed by atoms with Gasteiger partial charge in [-0.2, -0.15) is 26.9 Å². The van der Waals surface area contributed by atoms with E-state index in [1.807, 2.05) is 23.1 Å². The maximum absolute atomic E-state index is 13.5. The third-order valence-corrected chi connectivity index (χ3v) is 9.04. The molecule has 2 aromatic rings. The first-order valence-electron chi connectivity index (χ1n) is 17.2. The fourth-order valence-corrected chi connectivity index (χ4v) is 6.31. The summed E-state index contributed by atoms with van der Waals surface area (Å²) in [6.45, 7) is 7.85. The van der Waals surface area contributed by atoms with Gasteiger partial charge < -0.3 is 30.5 Å². The van der Waals surface area contributed by atoms with Crippen LogP contribution in [0.1, 0.15) is 69.8 Å². The SMILES string of the molecule is CC(C)(C)OC(=O)NC(CS(=O)(=O)O)C(=O)NCCC1CCN(c2cc(N3CCCC3)nc(C(F)(F)F)n2)CC1.N#Cc1ccc(CCNC=O)cc1. The molecule has 4 N–H and O–H groups in total. The molecule has 0 aliphatic carbocycles. The highest BCUT2D eigenvalue weighted by molar-refractivity contribution is 7.85. The van der Waals surface area contributed by atoms with Gasteiger partial charge in [0.15, 0.2) is 0 Å². The molecular weight excluding hydrogens is 721 g/mol. The Kier molecular flexibility index (Phi) is 15.6. The maximum atomic E-state index is 13.5. The maximum Gasteiger partial charge on any atom is 0.451 e. The predicted molar refractivity (Wildman–Crippen MR) is 190 cm³/mol. The average molecular weight is 769 g/mol. The van der Waals surface area contributed by atoms with Gasteiger partial charge in [-0.3, -0.25) is 14.1 Å². The van der Waals surface area contributed by atoms with Crippen LogP contribution in [-0.4, -0.2) is 98.0 Å². The molecule has 4 rings (SSSR count). The minimum atomic E-state index is -4.66.